The topological polar surface area (TPSA) is 41.2 Å². The number of aromatic amines is 1. The van der Waals surface area contributed by atoms with E-state index in [9.17, 15) is 0 Å². The molecule has 4 rings (SSSR count). The zero-order valence-corrected chi connectivity index (χ0v) is 12.5. The third kappa shape index (κ3) is 2.75. The molecular weight excluding hydrogens is 274 g/mol. The quantitative estimate of drug-likeness (QED) is 0.807. The van der Waals surface area contributed by atoms with E-state index < -0.39 is 0 Å². The summed E-state index contributed by atoms with van der Waals surface area (Å²) in [7, 11) is 0. The molecule has 22 heavy (non-hydrogen) atoms. The number of ether oxygens (including phenoxy) is 1. The number of H-pyrrole nitrogens is 1. The third-order valence-electron chi connectivity index (χ3n) is 4.17. The van der Waals surface area contributed by atoms with Gasteiger partial charge in [-0.2, -0.15) is 0 Å². The van der Waals surface area contributed by atoms with Gasteiger partial charge in [-0.3, -0.25) is 4.90 Å². The molecule has 3 aromatic rings. The van der Waals surface area contributed by atoms with Crippen molar-refractivity contribution in [2.75, 3.05) is 26.3 Å². The highest BCUT2D eigenvalue weighted by Gasteiger charge is 2.11. The van der Waals surface area contributed by atoms with E-state index in [1.807, 2.05) is 12.3 Å². The van der Waals surface area contributed by atoms with E-state index in [1.54, 1.807) is 0 Å². The van der Waals surface area contributed by atoms with E-state index in [0.29, 0.717) is 0 Å². The van der Waals surface area contributed by atoms with Crippen LogP contribution >= 0.6 is 0 Å². The number of pyridine rings is 1. The molecule has 1 aromatic carbocycles. The molecule has 4 nitrogen and oxygen atoms in total. The Hall–Kier alpha value is -2.17. The Morgan fingerprint density at radius 1 is 1.09 bits per heavy atom. The van der Waals surface area contributed by atoms with Crippen LogP contribution in [0.15, 0.2) is 48.7 Å². The van der Waals surface area contributed by atoms with Crippen LogP contribution in [0.5, 0.6) is 0 Å². The summed E-state index contributed by atoms with van der Waals surface area (Å²) in [6.07, 6.45) is 1.81. The van der Waals surface area contributed by atoms with Crippen molar-refractivity contribution < 1.29 is 4.74 Å². The second-order valence-corrected chi connectivity index (χ2v) is 5.71. The van der Waals surface area contributed by atoms with Crippen LogP contribution in [0.1, 0.15) is 5.56 Å². The second kappa shape index (κ2) is 5.91. The molecule has 2 aromatic heterocycles. The van der Waals surface area contributed by atoms with Gasteiger partial charge in [0, 0.05) is 36.9 Å². The van der Waals surface area contributed by atoms with Crippen molar-refractivity contribution >= 4 is 11.0 Å². The third-order valence-corrected chi connectivity index (χ3v) is 4.17. The molecule has 0 unspecified atom stereocenters. The molecule has 0 radical (unpaired) electrons. The minimum absolute atomic E-state index is 0.847. The van der Waals surface area contributed by atoms with Gasteiger partial charge in [-0.25, -0.2) is 4.98 Å². The van der Waals surface area contributed by atoms with Gasteiger partial charge in [-0.1, -0.05) is 24.3 Å². The lowest BCUT2D eigenvalue weighted by Gasteiger charge is -2.26. The van der Waals surface area contributed by atoms with Crippen LogP contribution in [0.2, 0.25) is 0 Å². The molecule has 3 heterocycles. The standard InChI is InChI=1S/C18H19N3O/c1-2-16-12-17(20-18(16)19-7-1)15-5-3-14(4-6-15)13-21-8-10-22-11-9-21/h1-7,12H,8-11,13H2,(H,19,20). The maximum absolute atomic E-state index is 5.39. The highest BCUT2D eigenvalue weighted by Crippen LogP contribution is 2.23. The van der Waals surface area contributed by atoms with Crippen molar-refractivity contribution in [2.24, 2.45) is 0 Å². The van der Waals surface area contributed by atoms with Gasteiger partial charge in [-0.15, -0.1) is 0 Å². The van der Waals surface area contributed by atoms with Gasteiger partial charge < -0.3 is 9.72 Å². The van der Waals surface area contributed by atoms with E-state index >= 15 is 0 Å². The van der Waals surface area contributed by atoms with Gasteiger partial charge in [0.1, 0.15) is 5.65 Å². The first-order valence-electron chi connectivity index (χ1n) is 7.72. The Bertz CT molecular complexity index is 724. The molecule has 1 N–H and O–H groups in total. The van der Waals surface area contributed by atoms with Gasteiger partial charge in [0.15, 0.2) is 0 Å². The normalized spacial score (nSPS) is 16.2. The largest absolute Gasteiger partial charge is 0.379 e. The number of rotatable bonds is 3. The average molecular weight is 293 g/mol. The summed E-state index contributed by atoms with van der Waals surface area (Å²) in [5.41, 5.74) is 4.60. The van der Waals surface area contributed by atoms with E-state index in [2.05, 4.69) is 51.3 Å². The van der Waals surface area contributed by atoms with Gasteiger partial charge >= 0.3 is 0 Å². The van der Waals surface area contributed by atoms with Crippen LogP contribution < -0.4 is 0 Å². The first kappa shape index (κ1) is 13.5. The van der Waals surface area contributed by atoms with Crippen LogP contribution in [-0.2, 0) is 11.3 Å². The van der Waals surface area contributed by atoms with Crippen molar-refractivity contribution in [3.8, 4) is 11.3 Å². The minimum atomic E-state index is 0.847. The highest BCUT2D eigenvalue weighted by atomic mass is 16.5. The summed E-state index contributed by atoms with van der Waals surface area (Å²) in [6.45, 7) is 4.74. The summed E-state index contributed by atoms with van der Waals surface area (Å²) in [6, 6.07) is 15.0. The van der Waals surface area contributed by atoms with Crippen molar-refractivity contribution in [1.29, 1.82) is 0 Å². The Balaban J connectivity index is 1.53. The van der Waals surface area contributed by atoms with Gasteiger partial charge in [0.25, 0.3) is 0 Å². The molecule has 1 saturated heterocycles. The summed E-state index contributed by atoms with van der Waals surface area (Å²) in [5, 5.41) is 1.15. The Morgan fingerprint density at radius 3 is 2.68 bits per heavy atom. The molecule has 0 atom stereocenters. The number of hydrogen-bond acceptors (Lipinski definition) is 3. The highest BCUT2D eigenvalue weighted by molar-refractivity contribution is 5.82. The molecule has 0 bridgehead atoms. The maximum atomic E-state index is 5.39. The van der Waals surface area contributed by atoms with E-state index in [4.69, 9.17) is 4.74 Å². The molecule has 0 spiro atoms. The van der Waals surface area contributed by atoms with Crippen molar-refractivity contribution in [1.82, 2.24) is 14.9 Å². The van der Waals surface area contributed by atoms with Crippen LogP contribution in [0.3, 0.4) is 0 Å². The van der Waals surface area contributed by atoms with Crippen LogP contribution in [-0.4, -0.2) is 41.2 Å². The fraction of sp³-hybridized carbons (Fsp3) is 0.278. The number of nitrogens with one attached hydrogen (secondary N) is 1. The number of fused-ring (bicyclic) bond motifs is 1. The molecule has 112 valence electrons. The first-order valence-corrected chi connectivity index (χ1v) is 7.72. The molecular formula is C18H19N3O. The zero-order valence-electron chi connectivity index (χ0n) is 12.5. The van der Waals surface area contributed by atoms with Crippen molar-refractivity contribution in [3.63, 3.8) is 0 Å². The predicted molar refractivity (Wildman–Crippen MR) is 87.6 cm³/mol. The fourth-order valence-corrected chi connectivity index (χ4v) is 2.92. The van der Waals surface area contributed by atoms with Gasteiger partial charge in [0.05, 0.1) is 13.2 Å². The van der Waals surface area contributed by atoms with E-state index in [0.717, 1.165) is 49.6 Å². The molecule has 0 aliphatic carbocycles. The lowest BCUT2D eigenvalue weighted by molar-refractivity contribution is 0.0342. The Morgan fingerprint density at radius 2 is 1.91 bits per heavy atom. The fourth-order valence-electron chi connectivity index (χ4n) is 2.92. The number of nitrogens with zero attached hydrogens (tertiary/aromatic N) is 2. The zero-order chi connectivity index (χ0) is 14.8. The summed E-state index contributed by atoms with van der Waals surface area (Å²) in [5.74, 6) is 0. The van der Waals surface area contributed by atoms with Crippen LogP contribution in [0.25, 0.3) is 22.3 Å². The van der Waals surface area contributed by atoms with Crippen molar-refractivity contribution in [3.05, 3.63) is 54.2 Å². The molecule has 0 saturated carbocycles. The Labute approximate surface area is 129 Å². The van der Waals surface area contributed by atoms with Crippen molar-refractivity contribution in [2.45, 2.75) is 6.54 Å². The van der Waals surface area contributed by atoms with Gasteiger partial charge in [-0.05, 0) is 29.3 Å². The van der Waals surface area contributed by atoms with E-state index in [-0.39, 0.29) is 0 Å². The lowest BCUT2D eigenvalue weighted by atomic mass is 10.1. The molecule has 4 heteroatoms. The Kier molecular flexibility index (Phi) is 3.62. The number of morpholine rings is 1. The first-order chi connectivity index (χ1) is 10.9. The predicted octanol–water partition coefficient (Wildman–Crippen LogP) is 3.06. The maximum Gasteiger partial charge on any atom is 0.137 e. The molecule has 1 aliphatic rings. The van der Waals surface area contributed by atoms with Crippen LogP contribution in [0, 0.1) is 0 Å². The van der Waals surface area contributed by atoms with Gasteiger partial charge in [0.2, 0.25) is 0 Å². The SMILES string of the molecule is c1cnc2[nH]c(-c3ccc(CN4CCOCC4)cc3)cc2c1. The molecule has 1 aliphatic heterocycles. The molecule has 0 amide bonds. The summed E-state index contributed by atoms with van der Waals surface area (Å²) in [4.78, 5) is 10.2. The number of hydrogen-bond donors (Lipinski definition) is 1. The molecule has 1 fully saturated rings. The monoisotopic (exact) mass is 293 g/mol. The summed E-state index contributed by atoms with van der Waals surface area (Å²) < 4.78 is 5.39. The second-order valence-electron chi connectivity index (χ2n) is 5.71. The van der Waals surface area contributed by atoms with E-state index in [1.165, 1.54) is 11.1 Å². The smallest absolute Gasteiger partial charge is 0.137 e. The number of aromatic nitrogens is 2. The lowest BCUT2D eigenvalue weighted by Crippen LogP contribution is -2.35. The summed E-state index contributed by atoms with van der Waals surface area (Å²) >= 11 is 0. The number of benzene rings is 1. The minimum Gasteiger partial charge on any atom is -0.379 e. The average Bonchev–Trinajstić information content (AvgIpc) is 3.00. The van der Waals surface area contributed by atoms with Crippen LogP contribution in [0.4, 0.5) is 0 Å².